The van der Waals surface area contributed by atoms with E-state index in [1.807, 2.05) is 18.2 Å². The Morgan fingerprint density at radius 2 is 1.67 bits per heavy atom. The SMILES string of the molecule is O=C(CCN1C(=O)CCC1=O)N1CCN(Cc2ccc(-c3ccccc3F)s2)CC1. The molecule has 0 radical (unpaired) electrons. The predicted octanol–water partition coefficient (Wildman–Crippen LogP) is 2.74. The molecule has 6 nitrogen and oxygen atoms in total. The lowest BCUT2D eigenvalue weighted by Crippen LogP contribution is -2.48. The van der Waals surface area contributed by atoms with Gasteiger partial charge in [0.15, 0.2) is 0 Å². The van der Waals surface area contributed by atoms with E-state index in [4.69, 9.17) is 0 Å². The van der Waals surface area contributed by atoms with E-state index in [9.17, 15) is 18.8 Å². The Morgan fingerprint density at radius 3 is 2.37 bits per heavy atom. The minimum Gasteiger partial charge on any atom is -0.340 e. The predicted molar refractivity (Wildman–Crippen MR) is 112 cm³/mol. The van der Waals surface area contributed by atoms with Gasteiger partial charge in [-0.1, -0.05) is 18.2 Å². The number of amides is 3. The summed E-state index contributed by atoms with van der Waals surface area (Å²) in [6.45, 7) is 3.75. The van der Waals surface area contributed by atoms with Crippen molar-refractivity contribution in [3.63, 3.8) is 0 Å². The molecule has 1 aromatic carbocycles. The maximum Gasteiger partial charge on any atom is 0.229 e. The summed E-state index contributed by atoms with van der Waals surface area (Å²) >= 11 is 1.59. The van der Waals surface area contributed by atoms with Gasteiger partial charge in [0, 0.05) is 73.8 Å². The van der Waals surface area contributed by atoms with E-state index in [0.717, 1.165) is 24.5 Å². The van der Waals surface area contributed by atoms with Gasteiger partial charge in [-0.3, -0.25) is 24.2 Å². The summed E-state index contributed by atoms with van der Waals surface area (Å²) in [5.41, 5.74) is 0.624. The van der Waals surface area contributed by atoms with E-state index in [1.54, 1.807) is 28.4 Å². The number of benzene rings is 1. The average Bonchev–Trinajstić information content (AvgIpc) is 3.33. The van der Waals surface area contributed by atoms with Crippen molar-refractivity contribution >= 4 is 29.1 Å². The molecule has 0 spiro atoms. The van der Waals surface area contributed by atoms with Crippen molar-refractivity contribution in [3.8, 4) is 10.4 Å². The maximum atomic E-state index is 14.0. The summed E-state index contributed by atoms with van der Waals surface area (Å²) in [4.78, 5) is 43.1. The van der Waals surface area contributed by atoms with Crippen LogP contribution in [0.25, 0.3) is 10.4 Å². The van der Waals surface area contributed by atoms with E-state index >= 15 is 0 Å². The fraction of sp³-hybridized carbons (Fsp3) is 0.409. The molecule has 158 valence electrons. The number of carbonyl (C=O) groups excluding carboxylic acids is 3. The number of likely N-dealkylation sites (tertiary alicyclic amines) is 1. The first-order valence-corrected chi connectivity index (χ1v) is 11.0. The fourth-order valence-corrected chi connectivity index (χ4v) is 4.96. The summed E-state index contributed by atoms with van der Waals surface area (Å²) in [6.07, 6.45) is 0.703. The Bertz CT molecular complexity index is 937. The zero-order chi connectivity index (χ0) is 21.1. The second-order valence-electron chi connectivity index (χ2n) is 7.59. The monoisotopic (exact) mass is 429 g/mol. The van der Waals surface area contributed by atoms with Gasteiger partial charge in [0.1, 0.15) is 5.82 Å². The molecule has 2 saturated heterocycles. The maximum absolute atomic E-state index is 14.0. The number of carbonyl (C=O) groups is 3. The molecule has 0 bridgehead atoms. The first kappa shape index (κ1) is 20.7. The quantitative estimate of drug-likeness (QED) is 0.663. The van der Waals surface area contributed by atoms with Gasteiger partial charge in [-0.25, -0.2) is 4.39 Å². The first-order chi connectivity index (χ1) is 14.5. The van der Waals surface area contributed by atoms with Crippen LogP contribution in [0.15, 0.2) is 36.4 Å². The van der Waals surface area contributed by atoms with Gasteiger partial charge in [-0.05, 0) is 18.2 Å². The minimum absolute atomic E-state index is 0.0138. The smallest absolute Gasteiger partial charge is 0.229 e. The first-order valence-electron chi connectivity index (χ1n) is 10.2. The molecule has 0 saturated carbocycles. The van der Waals surface area contributed by atoms with Gasteiger partial charge < -0.3 is 4.90 Å². The molecule has 3 amide bonds. The number of hydrogen-bond acceptors (Lipinski definition) is 5. The molecule has 8 heteroatoms. The van der Waals surface area contributed by atoms with Crippen molar-refractivity contribution < 1.29 is 18.8 Å². The van der Waals surface area contributed by atoms with Gasteiger partial charge in [-0.15, -0.1) is 11.3 Å². The van der Waals surface area contributed by atoms with Crippen LogP contribution in [-0.2, 0) is 20.9 Å². The Labute approximate surface area is 178 Å². The van der Waals surface area contributed by atoms with Crippen LogP contribution in [0.1, 0.15) is 24.1 Å². The normalized spacial score (nSPS) is 17.8. The van der Waals surface area contributed by atoms with Crippen LogP contribution >= 0.6 is 11.3 Å². The van der Waals surface area contributed by atoms with Gasteiger partial charge in [0.05, 0.1) is 0 Å². The van der Waals surface area contributed by atoms with Crippen LogP contribution in [-0.4, -0.2) is 65.1 Å². The van der Waals surface area contributed by atoms with Crippen molar-refractivity contribution in [2.45, 2.75) is 25.8 Å². The van der Waals surface area contributed by atoms with E-state index in [2.05, 4.69) is 4.90 Å². The van der Waals surface area contributed by atoms with E-state index in [0.29, 0.717) is 18.7 Å². The van der Waals surface area contributed by atoms with Crippen molar-refractivity contribution in [1.29, 1.82) is 0 Å². The largest absolute Gasteiger partial charge is 0.340 e. The highest BCUT2D eigenvalue weighted by Crippen LogP contribution is 2.30. The van der Waals surface area contributed by atoms with E-state index < -0.39 is 0 Å². The van der Waals surface area contributed by atoms with Crippen LogP contribution in [0.3, 0.4) is 0 Å². The molecule has 2 fully saturated rings. The van der Waals surface area contributed by atoms with Crippen LogP contribution < -0.4 is 0 Å². The molecular weight excluding hydrogens is 405 g/mol. The summed E-state index contributed by atoms with van der Waals surface area (Å²) < 4.78 is 14.0. The molecule has 2 aromatic rings. The zero-order valence-corrected chi connectivity index (χ0v) is 17.5. The summed E-state index contributed by atoms with van der Waals surface area (Å²) in [5.74, 6) is -0.581. The highest BCUT2D eigenvalue weighted by molar-refractivity contribution is 7.15. The van der Waals surface area contributed by atoms with Crippen LogP contribution in [0.5, 0.6) is 0 Å². The van der Waals surface area contributed by atoms with Crippen molar-refractivity contribution in [3.05, 3.63) is 47.1 Å². The molecular formula is C22H24FN3O3S. The molecule has 0 N–H and O–H groups in total. The van der Waals surface area contributed by atoms with Gasteiger partial charge in [0.2, 0.25) is 17.7 Å². The second kappa shape index (κ2) is 9.06. The third-order valence-corrected chi connectivity index (χ3v) is 6.71. The fourth-order valence-electron chi connectivity index (χ4n) is 3.88. The van der Waals surface area contributed by atoms with Gasteiger partial charge in [-0.2, -0.15) is 0 Å². The molecule has 0 unspecified atom stereocenters. The number of nitrogens with zero attached hydrogens (tertiary/aromatic N) is 3. The highest BCUT2D eigenvalue weighted by atomic mass is 32.1. The van der Waals surface area contributed by atoms with Gasteiger partial charge in [0.25, 0.3) is 0 Å². The van der Waals surface area contributed by atoms with Gasteiger partial charge >= 0.3 is 0 Å². The van der Waals surface area contributed by atoms with Crippen molar-refractivity contribution in [1.82, 2.24) is 14.7 Å². The van der Waals surface area contributed by atoms with Crippen LogP contribution in [0, 0.1) is 5.82 Å². The third kappa shape index (κ3) is 4.60. The van der Waals surface area contributed by atoms with Crippen LogP contribution in [0.2, 0.25) is 0 Å². The Morgan fingerprint density at radius 1 is 0.967 bits per heavy atom. The Kier molecular flexibility index (Phi) is 6.24. The number of halogens is 1. The lowest BCUT2D eigenvalue weighted by atomic mass is 10.2. The Balaban J connectivity index is 1.25. The molecule has 0 aliphatic carbocycles. The third-order valence-electron chi connectivity index (χ3n) is 5.61. The Hall–Kier alpha value is -2.58. The number of rotatable bonds is 6. The molecule has 30 heavy (non-hydrogen) atoms. The molecule has 0 atom stereocenters. The summed E-state index contributed by atoms with van der Waals surface area (Å²) in [5, 5.41) is 0. The highest BCUT2D eigenvalue weighted by Gasteiger charge is 2.30. The van der Waals surface area contributed by atoms with E-state index in [1.165, 1.54) is 15.8 Å². The van der Waals surface area contributed by atoms with Crippen molar-refractivity contribution in [2.75, 3.05) is 32.7 Å². The summed E-state index contributed by atoms with van der Waals surface area (Å²) in [7, 11) is 0. The molecule has 4 rings (SSSR count). The number of piperazine rings is 1. The second-order valence-corrected chi connectivity index (χ2v) is 8.76. The lowest BCUT2D eigenvalue weighted by molar-refractivity contribution is -0.139. The molecule has 2 aliphatic rings. The number of hydrogen-bond donors (Lipinski definition) is 0. The molecule has 3 heterocycles. The van der Waals surface area contributed by atoms with E-state index in [-0.39, 0.29) is 49.3 Å². The molecule has 2 aliphatic heterocycles. The average molecular weight is 430 g/mol. The minimum atomic E-state index is -0.213. The number of imide groups is 1. The molecule has 1 aromatic heterocycles. The lowest BCUT2D eigenvalue weighted by Gasteiger charge is -2.34. The summed E-state index contributed by atoms with van der Waals surface area (Å²) in [6, 6.07) is 10.8. The van der Waals surface area contributed by atoms with Crippen molar-refractivity contribution in [2.24, 2.45) is 0 Å². The number of thiophene rings is 1. The zero-order valence-electron chi connectivity index (χ0n) is 16.7. The van der Waals surface area contributed by atoms with Crippen LogP contribution in [0.4, 0.5) is 4.39 Å². The standard InChI is InChI=1S/C22H24FN3O3S/c23-18-4-2-1-3-17(18)19-6-5-16(30-19)15-24-11-13-25(14-12-24)20(27)9-10-26-21(28)7-8-22(26)29/h1-6H,7-15H2. The topological polar surface area (TPSA) is 60.9 Å².